The summed E-state index contributed by atoms with van der Waals surface area (Å²) >= 11 is 0.295. The quantitative estimate of drug-likeness (QED) is 0.526. The van der Waals surface area contributed by atoms with Gasteiger partial charge < -0.3 is 0 Å². The van der Waals surface area contributed by atoms with E-state index in [2.05, 4.69) is 6.58 Å². The minimum absolute atomic E-state index is 0.295. The number of carboxylic acid groups (broad SMARTS) is 1. The molecule has 0 unspecified atom stereocenters. The normalized spacial score (nSPS) is 12.5. The second-order valence-corrected chi connectivity index (χ2v) is 4.58. The van der Waals surface area contributed by atoms with Gasteiger partial charge >= 0.3 is 72.3 Å². The third kappa shape index (κ3) is 6.10. The zero-order valence-corrected chi connectivity index (χ0v) is 8.25. The van der Waals surface area contributed by atoms with Gasteiger partial charge in [-0.2, -0.15) is 0 Å². The predicted octanol–water partition coefficient (Wildman–Crippen LogP) is 0.515. The van der Waals surface area contributed by atoms with Crippen LogP contribution in [-0.2, 0) is 4.79 Å². The fourth-order valence-corrected chi connectivity index (χ4v) is 2.24. The number of allylic oxidation sites excluding steroid dienone is 1. The number of hydrogen-bond acceptors (Lipinski definition) is 2. The van der Waals surface area contributed by atoms with Gasteiger partial charge in [0.25, 0.3) is 0 Å². The van der Waals surface area contributed by atoms with Crippen molar-refractivity contribution in [3.8, 4) is 0 Å². The van der Waals surface area contributed by atoms with E-state index in [1.165, 1.54) is 0 Å². The van der Waals surface area contributed by atoms with Crippen molar-refractivity contribution in [2.75, 3.05) is 0 Å². The molecule has 0 bridgehead atoms. The zero-order chi connectivity index (χ0) is 8.85. The Bertz CT molecular complexity index is 159. The van der Waals surface area contributed by atoms with Crippen LogP contribution in [0.1, 0.15) is 6.92 Å². The molecule has 0 saturated carbocycles. The number of carbonyl (C=O) groups is 1. The Morgan fingerprint density at radius 3 is 2.73 bits per heavy atom. The van der Waals surface area contributed by atoms with Crippen molar-refractivity contribution in [3.05, 3.63) is 12.2 Å². The number of hydrogen-bond donors (Lipinski definition) is 2. The van der Waals surface area contributed by atoms with E-state index in [1.807, 2.05) is 6.92 Å². The monoisotopic (exact) mass is 223 g/mol. The molecule has 0 spiro atoms. The second-order valence-electron chi connectivity index (χ2n) is 2.42. The summed E-state index contributed by atoms with van der Waals surface area (Å²) in [5.74, 6) is -0.909. The Labute approximate surface area is 72.8 Å². The van der Waals surface area contributed by atoms with E-state index in [1.54, 1.807) is 0 Å². The van der Waals surface area contributed by atoms with Gasteiger partial charge in [-0.25, -0.2) is 0 Å². The van der Waals surface area contributed by atoms with E-state index in [4.69, 9.17) is 10.8 Å². The maximum atomic E-state index is 10.2. The molecule has 64 valence electrons. The maximum absolute atomic E-state index is 10.2. The Morgan fingerprint density at radius 2 is 2.36 bits per heavy atom. The van der Waals surface area contributed by atoms with Crippen LogP contribution < -0.4 is 5.73 Å². The first-order valence-corrected chi connectivity index (χ1v) is 5.67. The summed E-state index contributed by atoms with van der Waals surface area (Å²) in [5, 5.41) is 9.93. The molecule has 0 aromatic rings. The average molecular weight is 222 g/mol. The van der Waals surface area contributed by atoms with Gasteiger partial charge in [-0.1, -0.05) is 0 Å². The SMILES string of the molecule is C=C(C)C[Se]C[C@H](N)C(=O)O. The van der Waals surface area contributed by atoms with Gasteiger partial charge in [0.15, 0.2) is 0 Å². The van der Waals surface area contributed by atoms with Gasteiger partial charge in [0.2, 0.25) is 0 Å². The number of rotatable bonds is 5. The van der Waals surface area contributed by atoms with Crippen LogP contribution in [0.4, 0.5) is 0 Å². The van der Waals surface area contributed by atoms with Crippen LogP contribution in [-0.4, -0.2) is 32.1 Å². The molecule has 0 aliphatic rings. The van der Waals surface area contributed by atoms with Gasteiger partial charge in [0.1, 0.15) is 0 Å². The summed E-state index contributed by atoms with van der Waals surface area (Å²) in [4.78, 5) is 10.2. The van der Waals surface area contributed by atoms with Crippen molar-refractivity contribution in [2.24, 2.45) is 5.73 Å². The Balaban J connectivity index is 3.39. The number of carboxylic acids is 1. The van der Waals surface area contributed by atoms with Gasteiger partial charge in [-0.15, -0.1) is 0 Å². The molecule has 0 fully saturated rings. The number of nitrogens with two attached hydrogens (primary N) is 1. The summed E-state index contributed by atoms with van der Waals surface area (Å²) in [6.07, 6.45) is 0. The minimum atomic E-state index is -0.909. The van der Waals surface area contributed by atoms with Crippen molar-refractivity contribution in [1.82, 2.24) is 0 Å². The molecular formula is C7H13NO2Se. The molecule has 0 heterocycles. The standard InChI is InChI=1S/C7H13NO2Se/c1-5(2)3-11-4-6(8)7(9)10/h6H,1,3-4,8H2,2H3,(H,9,10)/t6-/m0/s1. The van der Waals surface area contributed by atoms with E-state index < -0.39 is 12.0 Å². The average Bonchev–Trinajstić information content (AvgIpc) is 1.86. The van der Waals surface area contributed by atoms with Gasteiger partial charge in [0.05, 0.1) is 0 Å². The summed E-state index contributed by atoms with van der Waals surface area (Å²) in [7, 11) is 0. The first-order chi connectivity index (χ1) is 5.04. The Hall–Kier alpha value is -0.311. The van der Waals surface area contributed by atoms with E-state index in [9.17, 15) is 4.79 Å². The Kier molecular flexibility index (Phi) is 5.20. The molecule has 3 N–H and O–H groups in total. The van der Waals surface area contributed by atoms with Crippen LogP contribution in [0, 0.1) is 0 Å². The summed E-state index contributed by atoms with van der Waals surface area (Å²) in [6.45, 7) is 5.66. The molecule has 0 saturated heterocycles. The molecule has 0 rings (SSSR count). The first kappa shape index (κ1) is 10.7. The molecule has 0 aliphatic heterocycles. The van der Waals surface area contributed by atoms with Crippen molar-refractivity contribution >= 4 is 20.9 Å². The van der Waals surface area contributed by atoms with Crippen molar-refractivity contribution in [3.63, 3.8) is 0 Å². The van der Waals surface area contributed by atoms with E-state index in [0.29, 0.717) is 20.3 Å². The van der Waals surface area contributed by atoms with Gasteiger partial charge in [-0.3, -0.25) is 0 Å². The summed E-state index contributed by atoms with van der Waals surface area (Å²) in [5.41, 5.74) is 6.39. The molecule has 1 atom stereocenters. The summed E-state index contributed by atoms with van der Waals surface area (Å²) < 4.78 is 0. The van der Waals surface area contributed by atoms with Crippen LogP contribution in [0.5, 0.6) is 0 Å². The molecule has 0 aromatic carbocycles. The van der Waals surface area contributed by atoms with Crippen LogP contribution in [0.25, 0.3) is 0 Å². The molecule has 4 heteroatoms. The van der Waals surface area contributed by atoms with Crippen LogP contribution in [0.15, 0.2) is 12.2 Å². The van der Waals surface area contributed by atoms with Crippen LogP contribution >= 0.6 is 0 Å². The van der Waals surface area contributed by atoms with Crippen molar-refractivity contribution < 1.29 is 9.90 Å². The van der Waals surface area contributed by atoms with E-state index in [0.717, 1.165) is 10.9 Å². The van der Waals surface area contributed by atoms with E-state index in [-0.39, 0.29) is 0 Å². The molecular weight excluding hydrogens is 209 g/mol. The topological polar surface area (TPSA) is 63.3 Å². The number of aliphatic carboxylic acids is 1. The fraction of sp³-hybridized carbons (Fsp3) is 0.571. The molecule has 0 amide bonds. The second kappa shape index (κ2) is 5.35. The third-order valence-corrected chi connectivity index (χ3v) is 3.67. The predicted molar refractivity (Wildman–Crippen MR) is 45.8 cm³/mol. The summed E-state index contributed by atoms with van der Waals surface area (Å²) in [6, 6.07) is -0.686. The Morgan fingerprint density at radius 1 is 1.82 bits per heavy atom. The van der Waals surface area contributed by atoms with Crippen molar-refractivity contribution in [2.45, 2.75) is 23.6 Å². The molecule has 3 nitrogen and oxygen atoms in total. The van der Waals surface area contributed by atoms with Crippen LogP contribution in [0.2, 0.25) is 10.6 Å². The molecule has 11 heavy (non-hydrogen) atoms. The first-order valence-electron chi connectivity index (χ1n) is 3.24. The van der Waals surface area contributed by atoms with Crippen LogP contribution in [0.3, 0.4) is 0 Å². The molecule has 0 radical (unpaired) electrons. The van der Waals surface area contributed by atoms with Gasteiger partial charge in [-0.05, 0) is 0 Å². The fourth-order valence-electron chi connectivity index (χ4n) is 0.431. The zero-order valence-electron chi connectivity index (χ0n) is 6.54. The molecule has 0 aliphatic carbocycles. The van der Waals surface area contributed by atoms with Crippen molar-refractivity contribution in [1.29, 1.82) is 0 Å². The van der Waals surface area contributed by atoms with E-state index >= 15 is 0 Å². The third-order valence-electron chi connectivity index (χ3n) is 0.963. The van der Waals surface area contributed by atoms with Gasteiger partial charge in [0, 0.05) is 0 Å². The molecule has 0 aromatic heterocycles.